The fourth-order valence-corrected chi connectivity index (χ4v) is 3.05. The number of carbonyl (C=O) groups is 2. The molecule has 0 aliphatic rings. The maximum absolute atomic E-state index is 12.4. The SMILES string of the molecule is CC[C@H](CNC(=O)[C@@H](C)OC(=O)c1cc(-c2ccccc2)n[nH]1)c1ccccc1. The molecule has 0 radical (unpaired) electrons. The summed E-state index contributed by atoms with van der Waals surface area (Å²) in [5.41, 5.74) is 2.91. The van der Waals surface area contributed by atoms with Gasteiger partial charge in [0.25, 0.3) is 5.91 Å². The molecule has 3 aromatic rings. The molecule has 6 nitrogen and oxygen atoms in total. The molecule has 0 spiro atoms. The zero-order valence-electron chi connectivity index (χ0n) is 16.6. The van der Waals surface area contributed by atoms with E-state index < -0.39 is 12.1 Å². The van der Waals surface area contributed by atoms with E-state index in [1.807, 2.05) is 60.7 Å². The van der Waals surface area contributed by atoms with E-state index in [1.165, 1.54) is 5.56 Å². The van der Waals surface area contributed by atoms with Crippen LogP contribution in [0.1, 0.15) is 42.2 Å². The molecule has 2 atom stereocenters. The van der Waals surface area contributed by atoms with Crippen LogP contribution >= 0.6 is 0 Å². The summed E-state index contributed by atoms with van der Waals surface area (Å²) in [6, 6.07) is 21.2. The van der Waals surface area contributed by atoms with Gasteiger partial charge in [0.15, 0.2) is 6.10 Å². The van der Waals surface area contributed by atoms with E-state index >= 15 is 0 Å². The highest BCUT2D eigenvalue weighted by Gasteiger charge is 2.21. The molecule has 2 aromatic carbocycles. The van der Waals surface area contributed by atoms with Crippen molar-refractivity contribution in [3.63, 3.8) is 0 Å². The number of benzene rings is 2. The third-order valence-electron chi connectivity index (χ3n) is 4.81. The molecule has 150 valence electrons. The average Bonchev–Trinajstić information content (AvgIpc) is 3.26. The molecule has 0 saturated heterocycles. The van der Waals surface area contributed by atoms with Crippen molar-refractivity contribution in [1.82, 2.24) is 15.5 Å². The van der Waals surface area contributed by atoms with Gasteiger partial charge in [-0.05, 0) is 25.0 Å². The summed E-state index contributed by atoms with van der Waals surface area (Å²) in [6.07, 6.45) is -0.00578. The lowest BCUT2D eigenvalue weighted by atomic mass is 9.96. The Balaban J connectivity index is 1.54. The first kappa shape index (κ1) is 20.3. The number of carbonyl (C=O) groups excluding carboxylic acids is 2. The van der Waals surface area contributed by atoms with Gasteiger partial charge in [0.2, 0.25) is 0 Å². The van der Waals surface area contributed by atoms with Gasteiger partial charge >= 0.3 is 5.97 Å². The Hall–Kier alpha value is -3.41. The van der Waals surface area contributed by atoms with Crippen LogP contribution in [0.4, 0.5) is 0 Å². The number of nitrogens with one attached hydrogen (secondary N) is 2. The fraction of sp³-hybridized carbons (Fsp3) is 0.261. The normalized spacial score (nSPS) is 12.8. The molecular weight excluding hydrogens is 366 g/mol. The fourth-order valence-electron chi connectivity index (χ4n) is 3.05. The van der Waals surface area contributed by atoms with Gasteiger partial charge in [0, 0.05) is 18.0 Å². The van der Waals surface area contributed by atoms with Crippen molar-refractivity contribution >= 4 is 11.9 Å². The molecule has 1 heterocycles. The van der Waals surface area contributed by atoms with Gasteiger partial charge in [-0.3, -0.25) is 9.89 Å². The van der Waals surface area contributed by atoms with Crippen molar-refractivity contribution in [3.05, 3.63) is 78.0 Å². The van der Waals surface area contributed by atoms with Gasteiger partial charge in [-0.25, -0.2) is 4.79 Å². The van der Waals surface area contributed by atoms with Crippen molar-refractivity contribution in [1.29, 1.82) is 0 Å². The smallest absolute Gasteiger partial charge is 0.357 e. The van der Waals surface area contributed by atoms with Crippen molar-refractivity contribution in [3.8, 4) is 11.3 Å². The molecule has 0 fully saturated rings. The van der Waals surface area contributed by atoms with Crippen molar-refractivity contribution in [2.75, 3.05) is 6.54 Å². The van der Waals surface area contributed by atoms with Gasteiger partial charge in [-0.1, -0.05) is 67.6 Å². The Morgan fingerprint density at radius 3 is 2.38 bits per heavy atom. The molecule has 1 amide bonds. The van der Waals surface area contributed by atoms with Crippen molar-refractivity contribution < 1.29 is 14.3 Å². The minimum atomic E-state index is -0.903. The van der Waals surface area contributed by atoms with Crippen LogP contribution in [-0.4, -0.2) is 34.7 Å². The summed E-state index contributed by atoms with van der Waals surface area (Å²) in [5, 5.41) is 9.69. The van der Waals surface area contributed by atoms with Gasteiger partial charge in [-0.2, -0.15) is 5.10 Å². The van der Waals surface area contributed by atoms with E-state index in [0.717, 1.165) is 12.0 Å². The number of H-pyrrole nitrogens is 1. The van der Waals surface area contributed by atoms with Crippen LogP contribution in [0, 0.1) is 0 Å². The molecule has 2 N–H and O–H groups in total. The third kappa shape index (κ3) is 5.31. The van der Waals surface area contributed by atoms with Crippen LogP contribution in [0.3, 0.4) is 0 Å². The van der Waals surface area contributed by atoms with E-state index in [1.54, 1.807) is 13.0 Å². The minimum Gasteiger partial charge on any atom is -0.448 e. The summed E-state index contributed by atoms with van der Waals surface area (Å²) in [5.74, 6) is -0.725. The number of esters is 1. The lowest BCUT2D eigenvalue weighted by Gasteiger charge is -2.18. The monoisotopic (exact) mass is 391 g/mol. The number of rotatable bonds is 8. The van der Waals surface area contributed by atoms with Crippen LogP contribution in [0.5, 0.6) is 0 Å². The molecule has 0 aliphatic heterocycles. The lowest BCUT2D eigenvalue weighted by Crippen LogP contribution is -2.38. The van der Waals surface area contributed by atoms with E-state index in [0.29, 0.717) is 12.2 Å². The van der Waals surface area contributed by atoms with Gasteiger partial charge < -0.3 is 10.1 Å². The van der Waals surface area contributed by atoms with Crippen molar-refractivity contribution in [2.45, 2.75) is 32.3 Å². The second kappa shape index (κ2) is 9.68. The average molecular weight is 391 g/mol. The topological polar surface area (TPSA) is 84.1 Å². The molecule has 3 rings (SSSR count). The second-order valence-electron chi connectivity index (χ2n) is 6.84. The number of nitrogens with zero attached hydrogens (tertiary/aromatic N) is 1. The zero-order valence-corrected chi connectivity index (χ0v) is 16.6. The van der Waals surface area contributed by atoms with Crippen molar-refractivity contribution in [2.24, 2.45) is 0 Å². The van der Waals surface area contributed by atoms with Crippen LogP contribution < -0.4 is 5.32 Å². The van der Waals surface area contributed by atoms with E-state index in [2.05, 4.69) is 22.4 Å². The summed E-state index contributed by atoms with van der Waals surface area (Å²) in [6.45, 7) is 4.13. The molecule has 0 unspecified atom stereocenters. The maximum Gasteiger partial charge on any atom is 0.357 e. The summed E-state index contributed by atoms with van der Waals surface area (Å²) >= 11 is 0. The highest BCUT2D eigenvalue weighted by atomic mass is 16.5. The largest absolute Gasteiger partial charge is 0.448 e. The maximum atomic E-state index is 12.4. The van der Waals surface area contributed by atoms with E-state index in [9.17, 15) is 9.59 Å². The predicted octanol–water partition coefficient (Wildman–Crippen LogP) is 3.93. The first-order valence-electron chi connectivity index (χ1n) is 9.73. The standard InChI is InChI=1S/C23H25N3O3/c1-3-17(18-10-6-4-7-11-18)15-24-22(27)16(2)29-23(28)21-14-20(25-26-21)19-12-8-5-9-13-19/h4-14,16-17H,3,15H2,1-2H3,(H,24,27)(H,25,26)/t16-,17-/m1/s1. The van der Waals surface area contributed by atoms with Gasteiger partial charge in [0.05, 0.1) is 5.69 Å². The van der Waals surface area contributed by atoms with E-state index in [4.69, 9.17) is 4.74 Å². The molecule has 6 heteroatoms. The van der Waals surface area contributed by atoms with Crippen LogP contribution in [0.15, 0.2) is 66.7 Å². The number of aromatic amines is 1. The third-order valence-corrected chi connectivity index (χ3v) is 4.81. The number of hydrogen-bond donors (Lipinski definition) is 2. The Kier molecular flexibility index (Phi) is 6.79. The molecule has 1 aromatic heterocycles. The number of aromatic nitrogens is 2. The Labute approximate surface area is 170 Å². The zero-order chi connectivity index (χ0) is 20.6. The number of hydrogen-bond acceptors (Lipinski definition) is 4. The molecule has 0 saturated carbocycles. The summed E-state index contributed by atoms with van der Waals surface area (Å²) < 4.78 is 5.30. The van der Waals surface area contributed by atoms with Crippen LogP contribution in [-0.2, 0) is 9.53 Å². The Morgan fingerprint density at radius 2 is 1.72 bits per heavy atom. The van der Waals surface area contributed by atoms with Gasteiger partial charge in [-0.15, -0.1) is 0 Å². The predicted molar refractivity (Wildman–Crippen MR) is 111 cm³/mol. The number of amides is 1. The lowest BCUT2D eigenvalue weighted by molar-refractivity contribution is -0.129. The Bertz CT molecular complexity index is 938. The first-order valence-corrected chi connectivity index (χ1v) is 9.73. The highest BCUT2D eigenvalue weighted by molar-refractivity contribution is 5.91. The van der Waals surface area contributed by atoms with Crippen LogP contribution in [0.2, 0.25) is 0 Å². The van der Waals surface area contributed by atoms with E-state index in [-0.39, 0.29) is 17.5 Å². The number of ether oxygens (including phenoxy) is 1. The Morgan fingerprint density at radius 1 is 1.07 bits per heavy atom. The highest BCUT2D eigenvalue weighted by Crippen LogP contribution is 2.19. The second-order valence-corrected chi connectivity index (χ2v) is 6.84. The summed E-state index contributed by atoms with van der Waals surface area (Å²) in [4.78, 5) is 24.7. The molecule has 29 heavy (non-hydrogen) atoms. The van der Waals surface area contributed by atoms with Crippen LogP contribution in [0.25, 0.3) is 11.3 Å². The molecule has 0 bridgehead atoms. The van der Waals surface area contributed by atoms with Gasteiger partial charge in [0.1, 0.15) is 5.69 Å². The first-order chi connectivity index (χ1) is 14.1. The molecular formula is C23H25N3O3. The summed E-state index contributed by atoms with van der Waals surface area (Å²) in [7, 11) is 0. The minimum absolute atomic E-state index is 0.208. The quantitative estimate of drug-likeness (QED) is 0.570. The molecule has 0 aliphatic carbocycles.